The van der Waals surface area contributed by atoms with Crippen LogP contribution in [0, 0.1) is 10.8 Å². The van der Waals surface area contributed by atoms with Gasteiger partial charge in [0.05, 0.1) is 5.84 Å². The van der Waals surface area contributed by atoms with E-state index in [-0.39, 0.29) is 5.41 Å². The summed E-state index contributed by atoms with van der Waals surface area (Å²) in [5.41, 5.74) is 5.46. The van der Waals surface area contributed by atoms with Gasteiger partial charge in [0.15, 0.2) is 0 Å². The molecule has 0 bridgehead atoms. The maximum Gasteiger partial charge on any atom is 0.0963 e. The van der Waals surface area contributed by atoms with E-state index >= 15 is 0 Å². The number of hydrogen-bond acceptors (Lipinski definition) is 2. The van der Waals surface area contributed by atoms with Crippen molar-refractivity contribution in [2.75, 3.05) is 6.54 Å². The highest BCUT2D eigenvalue weighted by molar-refractivity contribution is 5.82. The SMILES string of the molecule is CC1CCCC(C)N1CCC(C)(C)C(=N)N. The largest absolute Gasteiger partial charge is 0.387 e. The molecule has 3 heteroatoms. The number of amidine groups is 1. The molecule has 1 aliphatic heterocycles. The number of nitrogens with two attached hydrogens (primary N) is 1. The van der Waals surface area contributed by atoms with Crippen LogP contribution in [0.2, 0.25) is 0 Å². The van der Waals surface area contributed by atoms with Crippen LogP contribution in [0.3, 0.4) is 0 Å². The van der Waals surface area contributed by atoms with Crippen LogP contribution >= 0.6 is 0 Å². The Bertz CT molecular complexity index is 238. The van der Waals surface area contributed by atoms with Gasteiger partial charge in [-0.3, -0.25) is 10.3 Å². The fourth-order valence-corrected chi connectivity index (χ4v) is 2.46. The van der Waals surface area contributed by atoms with Gasteiger partial charge in [-0.05, 0) is 39.7 Å². The van der Waals surface area contributed by atoms with E-state index in [0.29, 0.717) is 17.9 Å². The first kappa shape index (κ1) is 13.5. The molecule has 0 aromatic rings. The number of likely N-dealkylation sites (tertiary alicyclic amines) is 1. The topological polar surface area (TPSA) is 53.1 Å². The lowest BCUT2D eigenvalue weighted by Crippen LogP contribution is -2.46. The van der Waals surface area contributed by atoms with Gasteiger partial charge >= 0.3 is 0 Å². The minimum absolute atomic E-state index is 0.156. The fraction of sp³-hybridized carbons (Fsp3) is 0.923. The number of nitrogens with zero attached hydrogens (tertiary/aromatic N) is 1. The Labute approximate surface area is 99.9 Å². The summed E-state index contributed by atoms with van der Waals surface area (Å²) in [5, 5.41) is 7.57. The Morgan fingerprint density at radius 2 is 1.81 bits per heavy atom. The molecule has 2 unspecified atom stereocenters. The number of rotatable bonds is 4. The molecule has 0 spiro atoms. The highest BCUT2D eigenvalue weighted by Gasteiger charge is 2.28. The van der Waals surface area contributed by atoms with Crippen LogP contribution in [0.5, 0.6) is 0 Å². The maximum absolute atomic E-state index is 7.57. The lowest BCUT2D eigenvalue weighted by molar-refractivity contribution is 0.0940. The van der Waals surface area contributed by atoms with E-state index in [1.165, 1.54) is 19.3 Å². The van der Waals surface area contributed by atoms with Gasteiger partial charge in [-0.1, -0.05) is 20.3 Å². The number of hydrogen-bond donors (Lipinski definition) is 2. The molecule has 1 rings (SSSR count). The molecule has 0 aliphatic carbocycles. The first-order valence-corrected chi connectivity index (χ1v) is 6.45. The van der Waals surface area contributed by atoms with Crippen molar-refractivity contribution < 1.29 is 0 Å². The Balaban J connectivity index is 2.50. The summed E-state index contributed by atoms with van der Waals surface area (Å²) < 4.78 is 0. The zero-order valence-corrected chi connectivity index (χ0v) is 11.2. The quantitative estimate of drug-likeness (QED) is 0.571. The van der Waals surface area contributed by atoms with Gasteiger partial charge in [0.1, 0.15) is 0 Å². The summed E-state index contributed by atoms with van der Waals surface area (Å²) in [4.78, 5) is 2.58. The van der Waals surface area contributed by atoms with E-state index < -0.39 is 0 Å². The predicted octanol–water partition coefficient (Wildman–Crippen LogP) is 2.60. The minimum Gasteiger partial charge on any atom is -0.387 e. The van der Waals surface area contributed by atoms with Crippen molar-refractivity contribution in [1.82, 2.24) is 4.90 Å². The maximum atomic E-state index is 7.57. The third-order valence-corrected chi connectivity index (χ3v) is 4.10. The zero-order chi connectivity index (χ0) is 12.3. The van der Waals surface area contributed by atoms with Crippen LogP contribution in [0.1, 0.15) is 53.4 Å². The number of nitrogens with one attached hydrogen (secondary N) is 1. The third-order valence-electron chi connectivity index (χ3n) is 4.10. The third kappa shape index (κ3) is 3.21. The normalized spacial score (nSPS) is 28.0. The molecular weight excluding hydrogens is 198 g/mol. The molecular formula is C13H27N3. The van der Waals surface area contributed by atoms with E-state index in [4.69, 9.17) is 11.1 Å². The van der Waals surface area contributed by atoms with Crippen molar-refractivity contribution in [2.45, 2.75) is 65.5 Å². The van der Waals surface area contributed by atoms with Crippen LogP contribution in [-0.4, -0.2) is 29.4 Å². The minimum atomic E-state index is -0.156. The molecule has 2 atom stereocenters. The van der Waals surface area contributed by atoms with Gasteiger partial charge in [0, 0.05) is 17.5 Å². The molecule has 0 radical (unpaired) electrons. The lowest BCUT2D eigenvalue weighted by Gasteiger charge is -2.40. The van der Waals surface area contributed by atoms with Crippen molar-refractivity contribution in [2.24, 2.45) is 11.1 Å². The summed E-state index contributed by atoms with van der Waals surface area (Å²) in [7, 11) is 0. The van der Waals surface area contributed by atoms with Crippen LogP contribution < -0.4 is 5.73 Å². The van der Waals surface area contributed by atoms with E-state index in [9.17, 15) is 0 Å². The average molecular weight is 225 g/mol. The Morgan fingerprint density at radius 1 is 1.31 bits per heavy atom. The summed E-state index contributed by atoms with van der Waals surface area (Å²) >= 11 is 0. The molecule has 0 aromatic heterocycles. The van der Waals surface area contributed by atoms with Gasteiger partial charge < -0.3 is 5.73 Å². The first-order valence-electron chi connectivity index (χ1n) is 6.45. The predicted molar refractivity (Wildman–Crippen MR) is 69.8 cm³/mol. The Hall–Kier alpha value is -0.570. The van der Waals surface area contributed by atoms with Crippen molar-refractivity contribution >= 4 is 5.84 Å². The summed E-state index contributed by atoms with van der Waals surface area (Å²) in [6.45, 7) is 9.82. The molecule has 3 N–H and O–H groups in total. The van der Waals surface area contributed by atoms with Crippen molar-refractivity contribution in [1.29, 1.82) is 5.41 Å². The molecule has 0 aromatic carbocycles. The molecule has 1 saturated heterocycles. The highest BCUT2D eigenvalue weighted by Crippen LogP contribution is 2.26. The molecule has 0 saturated carbocycles. The smallest absolute Gasteiger partial charge is 0.0963 e. The first-order chi connectivity index (χ1) is 7.34. The zero-order valence-electron chi connectivity index (χ0n) is 11.2. The second-order valence-corrected chi connectivity index (χ2v) is 5.91. The molecule has 1 aliphatic rings. The monoisotopic (exact) mass is 225 g/mol. The molecule has 3 nitrogen and oxygen atoms in total. The van der Waals surface area contributed by atoms with Crippen LogP contribution in [-0.2, 0) is 0 Å². The van der Waals surface area contributed by atoms with Gasteiger partial charge in [-0.15, -0.1) is 0 Å². The molecule has 1 heterocycles. The van der Waals surface area contributed by atoms with Gasteiger partial charge in [0.2, 0.25) is 0 Å². The van der Waals surface area contributed by atoms with Crippen molar-refractivity contribution in [3.8, 4) is 0 Å². The molecule has 94 valence electrons. The van der Waals surface area contributed by atoms with Crippen molar-refractivity contribution in [3.63, 3.8) is 0 Å². The average Bonchev–Trinajstić information content (AvgIpc) is 2.16. The van der Waals surface area contributed by atoms with Gasteiger partial charge in [-0.2, -0.15) is 0 Å². The second-order valence-electron chi connectivity index (χ2n) is 5.91. The summed E-state index contributed by atoms with van der Waals surface area (Å²) in [6, 6.07) is 1.37. The summed E-state index contributed by atoms with van der Waals surface area (Å²) in [6.07, 6.45) is 4.96. The second kappa shape index (κ2) is 5.17. The lowest BCUT2D eigenvalue weighted by atomic mass is 9.86. The summed E-state index contributed by atoms with van der Waals surface area (Å²) in [5.74, 6) is 0.310. The van der Waals surface area contributed by atoms with E-state index in [2.05, 4.69) is 32.6 Å². The van der Waals surface area contributed by atoms with E-state index in [1.54, 1.807) is 0 Å². The highest BCUT2D eigenvalue weighted by atomic mass is 15.2. The molecule has 16 heavy (non-hydrogen) atoms. The van der Waals surface area contributed by atoms with Crippen LogP contribution in [0.4, 0.5) is 0 Å². The van der Waals surface area contributed by atoms with Gasteiger partial charge in [-0.25, -0.2) is 0 Å². The van der Waals surface area contributed by atoms with Crippen LogP contribution in [0.25, 0.3) is 0 Å². The standard InChI is InChI=1S/C13H27N3/c1-10-6-5-7-11(2)16(10)9-8-13(3,4)12(14)15/h10-11H,5-9H2,1-4H3,(H3,14,15). The van der Waals surface area contributed by atoms with Crippen molar-refractivity contribution in [3.05, 3.63) is 0 Å². The molecule has 1 fully saturated rings. The fourth-order valence-electron chi connectivity index (χ4n) is 2.46. The van der Waals surface area contributed by atoms with Gasteiger partial charge in [0.25, 0.3) is 0 Å². The molecule has 0 amide bonds. The Kier molecular flexibility index (Phi) is 4.36. The van der Waals surface area contributed by atoms with Crippen LogP contribution in [0.15, 0.2) is 0 Å². The van der Waals surface area contributed by atoms with E-state index in [0.717, 1.165) is 13.0 Å². The van der Waals surface area contributed by atoms with E-state index in [1.807, 2.05) is 0 Å². The number of piperidine rings is 1. The Morgan fingerprint density at radius 3 is 2.25 bits per heavy atom.